The molecule has 0 aliphatic rings. The summed E-state index contributed by atoms with van der Waals surface area (Å²) >= 11 is 0. The molecule has 0 saturated carbocycles. The van der Waals surface area contributed by atoms with Gasteiger partial charge in [0.05, 0.1) is 0 Å². The Labute approximate surface area is 162 Å². The normalized spacial score (nSPS) is 12.3. The van der Waals surface area contributed by atoms with Crippen LogP contribution in [0.25, 0.3) is 0 Å². The van der Waals surface area contributed by atoms with Crippen LogP contribution in [0.2, 0.25) is 0 Å². The van der Waals surface area contributed by atoms with Gasteiger partial charge in [-0.2, -0.15) is 0 Å². The first-order valence-electron chi connectivity index (χ1n) is 3.29. The molecule has 0 aromatic heterocycles. The second-order valence-corrected chi connectivity index (χ2v) is 6.23. The fourth-order valence-electron chi connectivity index (χ4n) is 0.163. The van der Waals surface area contributed by atoms with Gasteiger partial charge >= 0.3 is 92.8 Å². The minimum absolute atomic E-state index is 0. The van der Waals surface area contributed by atoms with E-state index in [-0.39, 0.29) is 43.3 Å². The first-order valence-corrected chi connectivity index (χ1v) is 9.86. The Balaban J connectivity index is -0.0000000675. The van der Waals surface area contributed by atoms with Crippen LogP contribution >= 0.6 is 49.5 Å². The Morgan fingerprint density at radius 2 is 0.522 bits per heavy atom. The smallest absolute Gasteiger partial charge is 0.563 e. The summed E-state index contributed by atoms with van der Waals surface area (Å²) in [5.41, 5.74) is 0. The molecule has 0 heterocycles. The predicted molar refractivity (Wildman–Crippen MR) is 48.9 cm³/mol. The average molecular weight is 572 g/mol. The molecule has 1 radical (unpaired) electrons. The van der Waals surface area contributed by atoms with Crippen LogP contribution in [0.4, 0.5) is 0 Å². The van der Waals surface area contributed by atoms with Gasteiger partial charge in [0.2, 0.25) is 0 Å². The Bertz CT molecular complexity index is 320. The van der Waals surface area contributed by atoms with E-state index >= 15 is 0 Å². The van der Waals surface area contributed by atoms with Gasteiger partial charge in [0.25, 0.3) is 0 Å². The van der Waals surface area contributed by atoms with Crippen molar-refractivity contribution in [3.05, 3.63) is 0 Å². The molecule has 0 aliphatic carbocycles. The summed E-state index contributed by atoms with van der Waals surface area (Å²) in [6, 6.07) is 0. The number of hydrogen-bond donors (Lipinski definition) is 0. The third-order valence-electron chi connectivity index (χ3n) is 0.400. The summed E-state index contributed by atoms with van der Waals surface area (Å²) in [6.07, 6.45) is 0. The molecule has 0 spiro atoms. The Morgan fingerprint density at radius 1 is 0.435 bits per heavy atom. The molecule has 0 rings (SSSR count). The van der Waals surface area contributed by atoms with Gasteiger partial charge in [-0.3, -0.25) is 0 Å². The van der Waals surface area contributed by atoms with E-state index in [1.54, 1.807) is 0 Å². The van der Waals surface area contributed by atoms with Crippen LogP contribution < -0.4 is 29.4 Å². The average Bonchev–Trinajstić information content (AvgIpc) is 2.10. The maximum Gasteiger partial charge on any atom is 4.00 e. The molecular formula is MnO15P6Zr+6. The van der Waals surface area contributed by atoms with Crippen molar-refractivity contribution in [2.24, 2.45) is 0 Å². The molecule has 0 fully saturated rings. The van der Waals surface area contributed by atoms with Crippen LogP contribution in [-0.2, 0) is 83.6 Å². The molecule has 0 N–H and O–H groups in total. The SMILES string of the molecule is O=[P+]([O-])O[P+](=O)[O-].O=[P+]([O-])O[P+](=O)[O-].O=[P+]([O-])O[P+](=O)[O-].[Mn+2].[Zr+4]. The summed E-state index contributed by atoms with van der Waals surface area (Å²) in [4.78, 5) is 55.4. The summed E-state index contributed by atoms with van der Waals surface area (Å²) in [6.45, 7) is 0. The minimum Gasteiger partial charge on any atom is -0.563 e. The predicted octanol–water partition coefficient (Wildman–Crippen LogP) is -2.89. The van der Waals surface area contributed by atoms with E-state index in [0.717, 1.165) is 0 Å². The first-order chi connectivity index (χ1) is 9.38. The monoisotopic (exact) mass is 571 g/mol. The summed E-state index contributed by atoms with van der Waals surface area (Å²) in [5, 5.41) is 0. The maximum absolute atomic E-state index is 9.24. The van der Waals surface area contributed by atoms with E-state index in [4.69, 9.17) is 0 Å². The molecule has 6 atom stereocenters. The van der Waals surface area contributed by atoms with E-state index < -0.39 is 49.5 Å². The fraction of sp³-hybridized carbons (Fsp3) is 0. The molecule has 23 heteroatoms. The molecule has 0 aliphatic heterocycles. The van der Waals surface area contributed by atoms with Crippen molar-refractivity contribution in [3.8, 4) is 0 Å². The molecule has 15 nitrogen and oxygen atoms in total. The largest absolute Gasteiger partial charge is 4.00 e. The second-order valence-electron chi connectivity index (χ2n) is 1.59. The van der Waals surface area contributed by atoms with E-state index in [1.165, 1.54) is 0 Å². The summed E-state index contributed by atoms with van der Waals surface area (Å²) < 4.78 is 64.9. The van der Waals surface area contributed by atoms with Gasteiger partial charge in [-0.15, -0.1) is 0 Å². The van der Waals surface area contributed by atoms with Crippen LogP contribution in [0, 0.1) is 0 Å². The zero-order valence-electron chi connectivity index (χ0n) is 9.68. The second kappa shape index (κ2) is 23.6. The third kappa shape index (κ3) is 59.5. The van der Waals surface area contributed by atoms with Gasteiger partial charge in [-0.25, -0.2) is 0 Å². The topological polar surface area (TPSA) is 268 Å². The molecule has 0 amide bonds. The van der Waals surface area contributed by atoms with Crippen LogP contribution in [0.3, 0.4) is 0 Å². The van der Waals surface area contributed by atoms with E-state index in [1.807, 2.05) is 0 Å². The minimum atomic E-state index is -3.24. The molecule has 125 valence electrons. The number of hydrogen-bond acceptors (Lipinski definition) is 15. The van der Waals surface area contributed by atoms with Crippen molar-refractivity contribution in [1.82, 2.24) is 0 Å². The van der Waals surface area contributed by atoms with Crippen molar-refractivity contribution in [2.75, 3.05) is 0 Å². The first kappa shape index (κ1) is 35.7. The quantitative estimate of drug-likeness (QED) is 0.228. The fourth-order valence-corrected chi connectivity index (χ4v) is 1.47. The van der Waals surface area contributed by atoms with Crippen molar-refractivity contribution in [3.63, 3.8) is 0 Å². The molecule has 0 bridgehead atoms. The molecule has 0 aromatic carbocycles. The van der Waals surface area contributed by atoms with Gasteiger partial charge in [-0.1, -0.05) is 0 Å². The third-order valence-corrected chi connectivity index (χ3v) is 3.60. The van der Waals surface area contributed by atoms with Gasteiger partial charge in [0, 0.05) is 0 Å². The van der Waals surface area contributed by atoms with Crippen molar-refractivity contribution >= 4 is 49.5 Å². The van der Waals surface area contributed by atoms with Gasteiger partial charge in [0.15, 0.2) is 0 Å². The van der Waals surface area contributed by atoms with Gasteiger partial charge < -0.3 is 29.4 Å². The van der Waals surface area contributed by atoms with Crippen molar-refractivity contribution in [2.45, 2.75) is 0 Å². The van der Waals surface area contributed by atoms with Crippen molar-refractivity contribution in [1.29, 1.82) is 0 Å². The molecular weight excluding hydrogens is 572 g/mol. The van der Waals surface area contributed by atoms with E-state index in [2.05, 4.69) is 12.9 Å². The van der Waals surface area contributed by atoms with Crippen LogP contribution in [0.1, 0.15) is 0 Å². The molecule has 6 unspecified atom stereocenters. The Morgan fingerprint density at radius 3 is 0.522 bits per heavy atom. The summed E-state index contributed by atoms with van der Waals surface area (Å²) in [7, 11) is -19.4. The zero-order valence-corrected chi connectivity index (χ0v) is 18.7. The molecule has 0 aromatic rings. The van der Waals surface area contributed by atoms with Crippen molar-refractivity contribution < 1.29 is 113 Å². The molecule has 23 heavy (non-hydrogen) atoms. The van der Waals surface area contributed by atoms with Gasteiger partial charge in [0.1, 0.15) is 12.9 Å². The summed E-state index contributed by atoms with van der Waals surface area (Å²) in [5.74, 6) is 0. The Kier molecular flexibility index (Phi) is 36.7. The Hall–Kier alpha value is 1.64. The standard InChI is InChI=1S/Mn.3O5P2.Zr/c;3*1-6(2)5-7(3)4;/q+2;;;;+4. The maximum atomic E-state index is 9.24. The van der Waals surface area contributed by atoms with Crippen LogP contribution in [0.5, 0.6) is 0 Å². The zero-order chi connectivity index (χ0) is 17.6. The molecule has 0 saturated heterocycles. The number of rotatable bonds is 6. The van der Waals surface area contributed by atoms with Crippen LogP contribution in [-0.4, -0.2) is 0 Å². The van der Waals surface area contributed by atoms with Crippen LogP contribution in [0.15, 0.2) is 0 Å². The van der Waals surface area contributed by atoms with E-state index in [0.29, 0.717) is 0 Å². The van der Waals surface area contributed by atoms with Gasteiger partial charge in [-0.05, 0) is 27.4 Å². The van der Waals surface area contributed by atoms with E-state index in [9.17, 15) is 56.8 Å².